The lowest BCUT2D eigenvalue weighted by atomic mass is 9.92. The maximum atomic E-state index is 14.1. The molecule has 1 saturated heterocycles. The lowest BCUT2D eigenvalue weighted by Crippen LogP contribution is -2.60. The molecule has 1 amide bonds. The van der Waals surface area contributed by atoms with Crippen molar-refractivity contribution in [2.24, 2.45) is 5.41 Å². The number of nitrogens with one attached hydrogen (secondary N) is 2. The van der Waals surface area contributed by atoms with E-state index in [-0.39, 0.29) is 35.7 Å². The number of amides is 1. The number of fused-ring (bicyclic) bond motifs is 1. The third-order valence-electron chi connectivity index (χ3n) is 7.00. The Labute approximate surface area is 233 Å². The van der Waals surface area contributed by atoms with Gasteiger partial charge in [-0.3, -0.25) is 14.4 Å². The zero-order valence-electron chi connectivity index (χ0n) is 24.6. The summed E-state index contributed by atoms with van der Waals surface area (Å²) in [4.78, 5) is 13.7. The molecule has 2 N–H and O–H groups in total. The van der Waals surface area contributed by atoms with Gasteiger partial charge in [0.05, 0.1) is 16.5 Å². The number of carbonyl (C=O) groups is 1. The van der Waals surface area contributed by atoms with E-state index in [2.05, 4.69) is 31.2 Å². The highest BCUT2D eigenvalue weighted by atomic mass is 32.2. The molecule has 10 nitrogen and oxygen atoms in total. The Morgan fingerprint density at radius 1 is 1.13 bits per heavy atom. The fourth-order valence-electron chi connectivity index (χ4n) is 5.01. The van der Waals surface area contributed by atoms with Gasteiger partial charge < -0.3 is 15.0 Å². The summed E-state index contributed by atoms with van der Waals surface area (Å²) in [5.74, 6) is 0.0250. The standard InChI is InChI=1S/C27H45N4O6PS/c1-26(2,3)15-16-31(33)19-21(25(32)30(31)27(4,5)6)24-28-22-14-13-20(12-10-9-11-17-39(8,35)36)18-23(22)38(34,29-24)37-7/h13-14,18,28H,9-12,15-17,19H2,1-8H3,(H,29,34). The van der Waals surface area contributed by atoms with Gasteiger partial charge in [0.15, 0.2) is 0 Å². The number of benzene rings is 1. The SMILES string of the molecule is COP1(=O)NC(=C2C[N+]([O-])(CCC(C)(C)C)N(C(C)(C)C)C2=O)Nc2ccc(CCCCCS(C)(=O)=O)cc21. The molecule has 0 saturated carbocycles. The van der Waals surface area contributed by atoms with Crippen molar-refractivity contribution in [1.82, 2.24) is 10.1 Å². The highest BCUT2D eigenvalue weighted by Gasteiger charge is 2.51. The van der Waals surface area contributed by atoms with Crippen LogP contribution in [-0.2, 0) is 30.1 Å². The van der Waals surface area contributed by atoms with Crippen LogP contribution in [0.3, 0.4) is 0 Å². The minimum atomic E-state index is -3.59. The molecule has 2 unspecified atom stereocenters. The van der Waals surface area contributed by atoms with Crippen LogP contribution >= 0.6 is 7.52 Å². The van der Waals surface area contributed by atoms with E-state index in [0.29, 0.717) is 30.3 Å². The van der Waals surface area contributed by atoms with Crippen molar-refractivity contribution in [3.8, 4) is 0 Å². The van der Waals surface area contributed by atoms with Crippen LogP contribution in [-0.4, -0.2) is 61.8 Å². The van der Waals surface area contributed by atoms with Crippen LogP contribution in [0.5, 0.6) is 0 Å². The average molecular weight is 585 g/mol. The van der Waals surface area contributed by atoms with Gasteiger partial charge in [-0.25, -0.2) is 13.2 Å². The number of hydrogen-bond donors (Lipinski definition) is 2. The van der Waals surface area contributed by atoms with Crippen molar-refractivity contribution in [2.75, 3.05) is 37.5 Å². The molecule has 220 valence electrons. The monoisotopic (exact) mass is 584 g/mol. The van der Waals surface area contributed by atoms with Gasteiger partial charge in [0.2, 0.25) is 0 Å². The molecule has 0 aromatic heterocycles. The molecule has 1 fully saturated rings. The Hall–Kier alpha value is -1.91. The number of anilines is 1. The maximum Gasteiger partial charge on any atom is 0.326 e. The summed E-state index contributed by atoms with van der Waals surface area (Å²) in [5, 5.41) is 22.1. The van der Waals surface area contributed by atoms with E-state index in [1.54, 1.807) is 0 Å². The van der Waals surface area contributed by atoms with Crippen LogP contribution in [0.1, 0.15) is 72.8 Å². The topological polar surface area (TPSA) is 128 Å². The van der Waals surface area contributed by atoms with Gasteiger partial charge in [-0.2, -0.15) is 5.01 Å². The van der Waals surface area contributed by atoms with E-state index in [1.807, 2.05) is 39.0 Å². The Kier molecular flexibility index (Phi) is 9.05. The van der Waals surface area contributed by atoms with E-state index < -0.39 is 33.6 Å². The Morgan fingerprint density at radius 2 is 1.79 bits per heavy atom. The minimum absolute atomic E-state index is 0.0738. The number of hydrogen-bond acceptors (Lipinski definition) is 7. The molecule has 39 heavy (non-hydrogen) atoms. The number of carbonyl (C=O) groups excluding carboxylic acids is 1. The third kappa shape index (κ3) is 7.64. The molecule has 0 aliphatic carbocycles. The molecule has 2 aliphatic heterocycles. The second kappa shape index (κ2) is 11.2. The Morgan fingerprint density at radius 3 is 2.36 bits per heavy atom. The number of nitrogens with zero attached hydrogens (tertiary/aromatic N) is 2. The molecule has 3 rings (SSSR count). The van der Waals surface area contributed by atoms with Crippen molar-refractivity contribution in [2.45, 2.75) is 79.2 Å². The molecule has 2 heterocycles. The van der Waals surface area contributed by atoms with E-state index >= 15 is 0 Å². The van der Waals surface area contributed by atoms with Crippen molar-refractivity contribution >= 4 is 34.3 Å². The second-order valence-electron chi connectivity index (χ2n) is 12.9. The summed E-state index contributed by atoms with van der Waals surface area (Å²) in [7, 11) is -5.20. The fourth-order valence-corrected chi connectivity index (χ4v) is 7.42. The van der Waals surface area contributed by atoms with Gasteiger partial charge in [-0.1, -0.05) is 33.3 Å². The van der Waals surface area contributed by atoms with Crippen LogP contribution in [0.15, 0.2) is 29.6 Å². The summed E-state index contributed by atoms with van der Waals surface area (Å²) < 4.78 is 41.3. The number of sulfone groups is 1. The smallest absolute Gasteiger partial charge is 0.326 e. The van der Waals surface area contributed by atoms with Gasteiger partial charge in [0.1, 0.15) is 34.3 Å². The summed E-state index contributed by atoms with van der Waals surface area (Å²) in [6.07, 6.45) is 4.76. The molecular formula is C27H45N4O6PS. The van der Waals surface area contributed by atoms with Gasteiger partial charge in [0.25, 0.3) is 0 Å². The number of rotatable bonds is 9. The minimum Gasteiger partial charge on any atom is -0.606 e. The third-order valence-corrected chi connectivity index (χ3v) is 10.1. The van der Waals surface area contributed by atoms with Gasteiger partial charge >= 0.3 is 13.4 Å². The van der Waals surface area contributed by atoms with Gasteiger partial charge in [-0.05, 0) is 63.1 Å². The zero-order valence-corrected chi connectivity index (χ0v) is 26.3. The van der Waals surface area contributed by atoms with Crippen molar-refractivity contribution < 1.29 is 27.1 Å². The van der Waals surface area contributed by atoms with Gasteiger partial charge in [-0.15, -0.1) is 0 Å². The second-order valence-corrected chi connectivity index (χ2v) is 17.4. The van der Waals surface area contributed by atoms with E-state index in [4.69, 9.17) is 4.52 Å². The Bertz CT molecular complexity index is 1280. The number of hydroxylamine groups is 2. The molecular weight excluding hydrogens is 539 g/mol. The average Bonchev–Trinajstić information content (AvgIpc) is 3.07. The van der Waals surface area contributed by atoms with Gasteiger partial charge in [0, 0.05) is 25.5 Å². The van der Waals surface area contributed by atoms with E-state index in [9.17, 15) is 23.0 Å². The summed E-state index contributed by atoms with van der Waals surface area (Å²) >= 11 is 0. The van der Waals surface area contributed by atoms with E-state index in [1.165, 1.54) is 18.4 Å². The highest BCUT2D eigenvalue weighted by molar-refractivity contribution is 7.90. The predicted molar refractivity (Wildman–Crippen MR) is 156 cm³/mol. The quantitative estimate of drug-likeness (QED) is 0.143. The summed E-state index contributed by atoms with van der Waals surface area (Å²) in [6.45, 7) is 11.9. The molecule has 1 aromatic carbocycles. The predicted octanol–water partition coefficient (Wildman–Crippen LogP) is 4.44. The Balaban J connectivity index is 1.89. The van der Waals surface area contributed by atoms with Crippen molar-refractivity contribution in [3.63, 3.8) is 0 Å². The van der Waals surface area contributed by atoms with Crippen LogP contribution in [0, 0.1) is 10.6 Å². The first-order chi connectivity index (χ1) is 17.8. The molecule has 2 aliphatic rings. The molecule has 0 spiro atoms. The normalized spacial score (nSPS) is 25.9. The van der Waals surface area contributed by atoms with Crippen molar-refractivity contribution in [3.05, 3.63) is 40.4 Å². The van der Waals surface area contributed by atoms with Crippen molar-refractivity contribution in [1.29, 1.82) is 0 Å². The maximum absolute atomic E-state index is 14.1. The first kappa shape index (κ1) is 31.6. The lowest BCUT2D eigenvalue weighted by Gasteiger charge is -2.49. The van der Waals surface area contributed by atoms with Crippen LogP contribution in [0.2, 0.25) is 0 Å². The fraction of sp³-hybridized carbons (Fsp3) is 0.667. The highest BCUT2D eigenvalue weighted by Crippen LogP contribution is 2.48. The van der Waals surface area contributed by atoms with Crippen LogP contribution in [0.25, 0.3) is 0 Å². The van der Waals surface area contributed by atoms with E-state index in [0.717, 1.165) is 18.4 Å². The molecule has 1 aromatic rings. The molecule has 0 radical (unpaired) electrons. The lowest BCUT2D eigenvalue weighted by molar-refractivity contribution is -0.977. The first-order valence-corrected chi connectivity index (χ1v) is 17.2. The molecule has 2 atom stereocenters. The number of unbranched alkanes of at least 4 members (excludes halogenated alkanes) is 2. The number of aryl methyl sites for hydroxylation is 1. The molecule has 0 bridgehead atoms. The summed E-state index contributed by atoms with van der Waals surface area (Å²) in [5.41, 5.74) is 0.982. The summed E-state index contributed by atoms with van der Waals surface area (Å²) in [6, 6.07) is 5.56. The zero-order chi connectivity index (χ0) is 29.4. The molecule has 12 heteroatoms. The first-order valence-electron chi connectivity index (χ1n) is 13.5. The number of quaternary nitrogens is 1. The van der Waals surface area contributed by atoms with Crippen LogP contribution in [0.4, 0.5) is 5.69 Å². The van der Waals surface area contributed by atoms with Crippen LogP contribution < -0.4 is 15.7 Å². The largest absolute Gasteiger partial charge is 0.606 e.